The lowest BCUT2D eigenvalue weighted by Crippen LogP contribution is -2.38. The van der Waals surface area contributed by atoms with Crippen LogP contribution in [0.3, 0.4) is 0 Å². The molecule has 0 spiro atoms. The summed E-state index contributed by atoms with van der Waals surface area (Å²) in [4.78, 5) is 26.2. The molecule has 0 N–H and O–H groups in total. The summed E-state index contributed by atoms with van der Waals surface area (Å²) in [5, 5.41) is 2.22. The second kappa shape index (κ2) is 7.23. The molecule has 3 heterocycles. The summed E-state index contributed by atoms with van der Waals surface area (Å²) in [7, 11) is 0. The lowest BCUT2D eigenvalue weighted by Gasteiger charge is -2.30. The maximum absolute atomic E-state index is 12.5. The van der Waals surface area contributed by atoms with Gasteiger partial charge in [-0.15, -0.1) is 11.3 Å². The molecule has 25 heavy (non-hydrogen) atoms. The third-order valence-corrected chi connectivity index (χ3v) is 7.66. The third-order valence-electron chi connectivity index (χ3n) is 5.53. The van der Waals surface area contributed by atoms with Crippen LogP contribution in [0.1, 0.15) is 43.6 Å². The van der Waals surface area contributed by atoms with E-state index in [1.54, 1.807) is 18.1 Å². The van der Waals surface area contributed by atoms with Crippen LogP contribution in [0.5, 0.6) is 0 Å². The molecule has 2 aromatic heterocycles. The topological polar surface area (TPSA) is 46.1 Å². The fraction of sp³-hybridized carbons (Fsp3) is 0.632. The number of aryl methyl sites for hydroxylation is 1. The van der Waals surface area contributed by atoms with Crippen molar-refractivity contribution in [3.63, 3.8) is 0 Å². The van der Waals surface area contributed by atoms with E-state index >= 15 is 0 Å². The Kier molecular flexibility index (Phi) is 5.00. The molecule has 1 saturated heterocycles. The zero-order valence-electron chi connectivity index (χ0n) is 15.0. The van der Waals surface area contributed by atoms with Crippen LogP contribution in [-0.2, 0) is 17.6 Å². The van der Waals surface area contributed by atoms with Crippen LogP contribution < -0.4 is 0 Å². The van der Waals surface area contributed by atoms with Gasteiger partial charge in [0.25, 0.3) is 0 Å². The van der Waals surface area contributed by atoms with E-state index in [1.807, 2.05) is 16.2 Å². The first kappa shape index (κ1) is 17.3. The zero-order valence-corrected chi connectivity index (χ0v) is 16.6. The van der Waals surface area contributed by atoms with Crippen molar-refractivity contribution in [2.75, 3.05) is 18.8 Å². The highest BCUT2D eigenvalue weighted by atomic mass is 32.2. The van der Waals surface area contributed by atoms with Crippen LogP contribution in [0.2, 0.25) is 0 Å². The lowest BCUT2D eigenvalue weighted by atomic mass is 9.89. The Morgan fingerprint density at radius 1 is 1.24 bits per heavy atom. The Morgan fingerprint density at radius 2 is 2.04 bits per heavy atom. The van der Waals surface area contributed by atoms with Gasteiger partial charge >= 0.3 is 0 Å². The Hall–Kier alpha value is -1.14. The molecule has 6 heteroatoms. The number of carbonyl (C=O) groups excluding carboxylic acids is 1. The predicted octanol–water partition coefficient (Wildman–Crippen LogP) is 4.17. The quantitative estimate of drug-likeness (QED) is 0.597. The summed E-state index contributed by atoms with van der Waals surface area (Å²) in [5.41, 5.74) is 1.44. The highest BCUT2D eigenvalue weighted by Gasteiger charge is 2.24. The van der Waals surface area contributed by atoms with Gasteiger partial charge in [0.1, 0.15) is 16.2 Å². The minimum atomic E-state index is 0.251. The Morgan fingerprint density at radius 3 is 2.84 bits per heavy atom. The summed E-state index contributed by atoms with van der Waals surface area (Å²) >= 11 is 3.42. The normalized spacial score (nSPS) is 21.5. The molecule has 4 rings (SSSR count). The molecule has 0 aromatic carbocycles. The summed E-state index contributed by atoms with van der Waals surface area (Å²) in [5.74, 6) is 2.24. The lowest BCUT2D eigenvalue weighted by molar-refractivity contribution is -0.129. The van der Waals surface area contributed by atoms with Crippen LogP contribution >= 0.6 is 23.1 Å². The first-order valence-electron chi connectivity index (χ1n) is 9.27. The molecule has 1 fully saturated rings. The van der Waals surface area contributed by atoms with Crippen LogP contribution in [0.25, 0.3) is 10.2 Å². The molecular formula is C19H25N3OS2. The number of fused-ring (bicyclic) bond motifs is 3. The number of rotatable bonds is 3. The number of thioether (sulfide) groups is 1. The van der Waals surface area contributed by atoms with E-state index in [2.05, 4.69) is 23.8 Å². The standard InChI is InChI=1S/C19H25N3OS2/c1-12-5-7-22(8-6-12)16(23)10-24-18-17-14-4-3-13(2)9-15(14)25-19(17)21-11-20-18/h11-13H,3-10H2,1-2H3. The van der Waals surface area contributed by atoms with Crippen molar-refractivity contribution in [2.24, 2.45) is 11.8 Å². The monoisotopic (exact) mass is 375 g/mol. The fourth-order valence-electron chi connectivity index (χ4n) is 3.83. The van der Waals surface area contributed by atoms with Crippen molar-refractivity contribution in [1.82, 2.24) is 14.9 Å². The SMILES string of the molecule is CC1CCN(C(=O)CSc2ncnc3sc4c(c23)CCC(C)C4)CC1. The zero-order chi connectivity index (χ0) is 17.4. The largest absolute Gasteiger partial charge is 0.342 e. The van der Waals surface area contributed by atoms with Crippen molar-refractivity contribution >= 4 is 39.2 Å². The van der Waals surface area contributed by atoms with Gasteiger partial charge in [-0.25, -0.2) is 9.97 Å². The molecule has 134 valence electrons. The number of hydrogen-bond acceptors (Lipinski definition) is 5. The highest BCUT2D eigenvalue weighted by Crippen LogP contribution is 2.40. The van der Waals surface area contributed by atoms with E-state index in [0.29, 0.717) is 5.75 Å². The first-order valence-corrected chi connectivity index (χ1v) is 11.1. The molecule has 1 amide bonds. The second-order valence-corrected chi connectivity index (χ2v) is 9.61. The van der Waals surface area contributed by atoms with Gasteiger partial charge in [-0.3, -0.25) is 4.79 Å². The van der Waals surface area contributed by atoms with Crippen molar-refractivity contribution in [1.29, 1.82) is 0 Å². The molecule has 2 aliphatic rings. The molecule has 1 aliphatic carbocycles. The number of carbonyl (C=O) groups is 1. The van der Waals surface area contributed by atoms with Gasteiger partial charge in [0, 0.05) is 23.4 Å². The Bertz CT molecular complexity index is 780. The number of hydrogen-bond donors (Lipinski definition) is 0. The van der Waals surface area contributed by atoms with Crippen molar-refractivity contribution in [3.8, 4) is 0 Å². The number of amides is 1. The summed E-state index contributed by atoms with van der Waals surface area (Å²) in [6.45, 7) is 6.42. The van der Waals surface area contributed by atoms with Gasteiger partial charge in [0.15, 0.2) is 0 Å². The van der Waals surface area contributed by atoms with E-state index in [-0.39, 0.29) is 5.91 Å². The average Bonchev–Trinajstić information content (AvgIpc) is 2.98. The Labute approximate surface area is 157 Å². The van der Waals surface area contributed by atoms with Crippen LogP contribution in [-0.4, -0.2) is 39.6 Å². The number of thiophene rings is 1. The minimum Gasteiger partial charge on any atom is -0.342 e. The fourth-order valence-corrected chi connectivity index (χ4v) is 6.18. The van der Waals surface area contributed by atoms with Gasteiger partial charge in [0.2, 0.25) is 5.91 Å². The van der Waals surface area contributed by atoms with E-state index < -0.39 is 0 Å². The average molecular weight is 376 g/mol. The van der Waals surface area contributed by atoms with Gasteiger partial charge < -0.3 is 4.90 Å². The summed E-state index contributed by atoms with van der Waals surface area (Å²) in [6, 6.07) is 0. The van der Waals surface area contributed by atoms with E-state index in [9.17, 15) is 4.79 Å². The molecule has 0 bridgehead atoms. The number of piperidine rings is 1. The van der Waals surface area contributed by atoms with Crippen LogP contribution in [0, 0.1) is 11.8 Å². The van der Waals surface area contributed by atoms with E-state index in [1.165, 1.54) is 22.2 Å². The maximum atomic E-state index is 12.5. The third kappa shape index (κ3) is 3.56. The molecule has 1 unspecified atom stereocenters. The van der Waals surface area contributed by atoms with Crippen molar-refractivity contribution in [2.45, 2.75) is 51.0 Å². The smallest absolute Gasteiger partial charge is 0.232 e. The molecule has 2 aromatic rings. The summed E-state index contributed by atoms with van der Waals surface area (Å²) in [6.07, 6.45) is 7.43. The van der Waals surface area contributed by atoms with Crippen LogP contribution in [0.15, 0.2) is 11.4 Å². The van der Waals surface area contributed by atoms with Gasteiger partial charge in [-0.1, -0.05) is 25.6 Å². The Balaban J connectivity index is 1.51. The predicted molar refractivity (Wildman–Crippen MR) is 104 cm³/mol. The maximum Gasteiger partial charge on any atom is 0.232 e. The van der Waals surface area contributed by atoms with Gasteiger partial charge in [0.05, 0.1) is 5.75 Å². The second-order valence-electron chi connectivity index (χ2n) is 7.56. The van der Waals surface area contributed by atoms with E-state index in [0.717, 1.165) is 60.5 Å². The van der Waals surface area contributed by atoms with E-state index in [4.69, 9.17) is 0 Å². The molecular weight excluding hydrogens is 350 g/mol. The first-order chi connectivity index (χ1) is 12.1. The number of likely N-dealkylation sites (tertiary alicyclic amines) is 1. The highest BCUT2D eigenvalue weighted by molar-refractivity contribution is 8.00. The number of nitrogens with zero attached hydrogens (tertiary/aromatic N) is 3. The van der Waals surface area contributed by atoms with Gasteiger partial charge in [-0.2, -0.15) is 0 Å². The van der Waals surface area contributed by atoms with Crippen molar-refractivity contribution < 1.29 is 4.79 Å². The molecule has 1 aliphatic heterocycles. The molecule has 0 saturated carbocycles. The number of aromatic nitrogens is 2. The summed E-state index contributed by atoms with van der Waals surface area (Å²) < 4.78 is 0. The van der Waals surface area contributed by atoms with Gasteiger partial charge in [-0.05, 0) is 49.5 Å². The molecule has 0 radical (unpaired) electrons. The van der Waals surface area contributed by atoms with Crippen LogP contribution in [0.4, 0.5) is 0 Å². The van der Waals surface area contributed by atoms with Crippen molar-refractivity contribution in [3.05, 3.63) is 16.8 Å². The minimum absolute atomic E-state index is 0.251. The molecule has 1 atom stereocenters. The molecule has 4 nitrogen and oxygen atoms in total.